The first-order valence-corrected chi connectivity index (χ1v) is 9.54. The molecule has 7 nitrogen and oxygen atoms in total. The average Bonchev–Trinajstić information content (AvgIpc) is 3.41. The van der Waals surface area contributed by atoms with Crippen LogP contribution in [0.1, 0.15) is 23.5 Å². The van der Waals surface area contributed by atoms with E-state index in [0.717, 1.165) is 17.5 Å². The molecule has 2 atom stereocenters. The molecule has 0 spiro atoms. The molecule has 2 aromatic rings. The van der Waals surface area contributed by atoms with E-state index >= 15 is 0 Å². The Morgan fingerprint density at radius 2 is 1.83 bits per heavy atom. The molecule has 3 N–H and O–H groups in total. The van der Waals surface area contributed by atoms with Crippen LogP contribution in [0.3, 0.4) is 0 Å². The molecule has 1 fully saturated rings. The lowest BCUT2D eigenvalue weighted by Gasteiger charge is -2.09. The van der Waals surface area contributed by atoms with Gasteiger partial charge in [-0.3, -0.25) is 25.8 Å². The fourth-order valence-electron chi connectivity index (χ4n) is 3.14. The number of carbonyl (C=O) groups is 2. The highest BCUT2D eigenvalue weighted by Gasteiger charge is 2.43. The van der Waals surface area contributed by atoms with E-state index in [2.05, 4.69) is 16.2 Å². The molecular weight excluding hydrogens is 390 g/mol. The number of hydrogen-bond donors (Lipinski definition) is 3. The minimum absolute atomic E-state index is 0.0237. The zero-order chi connectivity index (χ0) is 20.2. The van der Waals surface area contributed by atoms with E-state index < -0.39 is 5.91 Å². The maximum atomic E-state index is 12.2. The maximum Gasteiger partial charge on any atom is 0.250 e. The van der Waals surface area contributed by atoms with Gasteiger partial charge in [-0.15, -0.1) is 0 Å². The lowest BCUT2D eigenvalue weighted by Crippen LogP contribution is -2.48. The Morgan fingerprint density at radius 3 is 2.66 bits per heavy atom. The van der Waals surface area contributed by atoms with E-state index in [0.29, 0.717) is 11.5 Å². The van der Waals surface area contributed by atoms with Crippen LogP contribution in [-0.4, -0.2) is 23.7 Å². The standard InChI is InChI=1S/C21H19N3O4S/c25-19(9-7-13-6-8-17-18(10-13)28-12-27-17)22-21(29)24-23-20(26)16-11-15(16)14-4-2-1-3-5-14/h1-10,15-16H,11-12H2,(H,23,26)(H2,22,24,25,29). The van der Waals surface area contributed by atoms with Crippen molar-refractivity contribution in [3.63, 3.8) is 0 Å². The minimum Gasteiger partial charge on any atom is -0.454 e. The Labute approximate surface area is 173 Å². The van der Waals surface area contributed by atoms with E-state index in [1.165, 1.54) is 6.08 Å². The second-order valence-corrected chi connectivity index (χ2v) is 7.15. The second kappa shape index (κ2) is 8.32. The van der Waals surface area contributed by atoms with Crippen LogP contribution in [0.5, 0.6) is 11.5 Å². The Kier molecular flexibility index (Phi) is 5.44. The largest absolute Gasteiger partial charge is 0.454 e. The van der Waals surface area contributed by atoms with E-state index in [9.17, 15) is 9.59 Å². The molecule has 1 saturated carbocycles. The first-order valence-electron chi connectivity index (χ1n) is 9.13. The van der Waals surface area contributed by atoms with Gasteiger partial charge in [-0.2, -0.15) is 0 Å². The van der Waals surface area contributed by atoms with Gasteiger partial charge < -0.3 is 9.47 Å². The first-order chi connectivity index (χ1) is 14.1. The van der Waals surface area contributed by atoms with Crippen LogP contribution in [0.25, 0.3) is 6.08 Å². The van der Waals surface area contributed by atoms with Crippen LogP contribution in [-0.2, 0) is 9.59 Å². The number of hydrogen-bond acceptors (Lipinski definition) is 5. The highest BCUT2D eigenvalue weighted by molar-refractivity contribution is 7.80. The average molecular weight is 409 g/mol. The zero-order valence-corrected chi connectivity index (χ0v) is 16.2. The third kappa shape index (κ3) is 4.72. The topological polar surface area (TPSA) is 88.7 Å². The number of fused-ring (bicyclic) bond motifs is 1. The lowest BCUT2D eigenvalue weighted by atomic mass is 10.1. The molecule has 1 aliphatic carbocycles. The van der Waals surface area contributed by atoms with Crippen LogP contribution in [0.15, 0.2) is 54.6 Å². The number of rotatable bonds is 4. The van der Waals surface area contributed by atoms with Crippen molar-refractivity contribution in [1.29, 1.82) is 0 Å². The summed E-state index contributed by atoms with van der Waals surface area (Å²) in [6.45, 7) is 0.196. The number of nitrogens with one attached hydrogen (secondary N) is 3. The lowest BCUT2D eigenvalue weighted by molar-refractivity contribution is -0.123. The molecule has 0 bridgehead atoms. The molecule has 29 heavy (non-hydrogen) atoms. The van der Waals surface area contributed by atoms with Crippen molar-refractivity contribution >= 4 is 35.2 Å². The Balaban J connectivity index is 1.20. The molecule has 0 radical (unpaired) electrons. The van der Waals surface area contributed by atoms with Crippen LogP contribution >= 0.6 is 12.2 Å². The summed E-state index contributed by atoms with van der Waals surface area (Å²) in [5.41, 5.74) is 7.06. The maximum absolute atomic E-state index is 12.2. The normalized spacial score (nSPS) is 18.9. The van der Waals surface area contributed by atoms with Crippen molar-refractivity contribution in [2.24, 2.45) is 5.92 Å². The Morgan fingerprint density at radius 1 is 1.03 bits per heavy atom. The summed E-state index contributed by atoms with van der Waals surface area (Å²) >= 11 is 5.05. The van der Waals surface area contributed by atoms with E-state index in [4.69, 9.17) is 21.7 Å². The third-order valence-electron chi connectivity index (χ3n) is 4.71. The zero-order valence-electron chi connectivity index (χ0n) is 15.4. The van der Waals surface area contributed by atoms with Gasteiger partial charge >= 0.3 is 0 Å². The molecule has 8 heteroatoms. The van der Waals surface area contributed by atoms with Crippen molar-refractivity contribution in [3.8, 4) is 11.5 Å². The van der Waals surface area contributed by atoms with Crippen molar-refractivity contribution < 1.29 is 19.1 Å². The molecular formula is C21H19N3O4S. The summed E-state index contributed by atoms with van der Waals surface area (Å²) in [4.78, 5) is 24.2. The Hall–Kier alpha value is -3.39. The van der Waals surface area contributed by atoms with Gasteiger partial charge in [0.15, 0.2) is 16.6 Å². The van der Waals surface area contributed by atoms with Crippen LogP contribution in [0.2, 0.25) is 0 Å². The molecule has 2 aromatic carbocycles. The summed E-state index contributed by atoms with van der Waals surface area (Å²) < 4.78 is 10.5. The number of thiocarbonyl (C=S) groups is 1. The molecule has 4 rings (SSSR count). The number of benzene rings is 2. The smallest absolute Gasteiger partial charge is 0.250 e. The van der Waals surface area contributed by atoms with E-state index in [1.54, 1.807) is 18.2 Å². The molecule has 0 aromatic heterocycles. The predicted octanol–water partition coefficient (Wildman–Crippen LogP) is 2.25. The fraction of sp³-hybridized carbons (Fsp3) is 0.190. The number of carbonyl (C=O) groups excluding carboxylic acids is 2. The summed E-state index contributed by atoms with van der Waals surface area (Å²) in [5.74, 6) is 0.897. The molecule has 1 heterocycles. The van der Waals surface area contributed by atoms with Gasteiger partial charge in [-0.1, -0.05) is 36.4 Å². The number of hydrazine groups is 1. The van der Waals surface area contributed by atoms with Gasteiger partial charge in [-0.05, 0) is 53.9 Å². The first kappa shape index (κ1) is 18.9. The fourth-order valence-corrected chi connectivity index (χ4v) is 3.29. The van der Waals surface area contributed by atoms with Crippen LogP contribution < -0.4 is 25.6 Å². The van der Waals surface area contributed by atoms with Gasteiger partial charge in [0.25, 0.3) is 0 Å². The SMILES string of the molecule is O=C(C=Cc1ccc2c(c1)OCO2)NC(=S)NNC(=O)C1CC1c1ccccc1. The Bertz CT molecular complexity index is 977. The van der Waals surface area contributed by atoms with E-state index in [-0.39, 0.29) is 29.6 Å². The van der Waals surface area contributed by atoms with Crippen molar-refractivity contribution in [3.05, 3.63) is 65.7 Å². The predicted molar refractivity (Wildman–Crippen MR) is 111 cm³/mol. The van der Waals surface area contributed by atoms with E-state index in [1.807, 2.05) is 36.4 Å². The third-order valence-corrected chi connectivity index (χ3v) is 4.92. The molecule has 2 amide bonds. The van der Waals surface area contributed by atoms with Crippen LogP contribution in [0, 0.1) is 5.92 Å². The highest BCUT2D eigenvalue weighted by atomic mass is 32.1. The summed E-state index contributed by atoms with van der Waals surface area (Å²) in [7, 11) is 0. The summed E-state index contributed by atoms with van der Waals surface area (Å²) in [6, 6.07) is 15.3. The number of amides is 2. The minimum atomic E-state index is -0.414. The molecule has 148 valence electrons. The summed E-state index contributed by atoms with van der Waals surface area (Å²) in [6.07, 6.45) is 3.78. The summed E-state index contributed by atoms with van der Waals surface area (Å²) in [5, 5.41) is 2.51. The second-order valence-electron chi connectivity index (χ2n) is 6.74. The van der Waals surface area contributed by atoms with Crippen molar-refractivity contribution in [2.75, 3.05) is 6.79 Å². The highest BCUT2D eigenvalue weighted by Crippen LogP contribution is 2.47. The van der Waals surface area contributed by atoms with Gasteiger partial charge in [0.2, 0.25) is 18.6 Å². The molecule has 2 unspecified atom stereocenters. The quantitative estimate of drug-likeness (QED) is 0.408. The molecule has 2 aliphatic rings. The van der Waals surface area contributed by atoms with Gasteiger partial charge in [0, 0.05) is 12.0 Å². The monoisotopic (exact) mass is 409 g/mol. The van der Waals surface area contributed by atoms with Gasteiger partial charge in [0.1, 0.15) is 0 Å². The van der Waals surface area contributed by atoms with Gasteiger partial charge in [-0.25, -0.2) is 0 Å². The number of ether oxygens (including phenoxy) is 2. The van der Waals surface area contributed by atoms with Crippen LogP contribution in [0.4, 0.5) is 0 Å². The molecule has 0 saturated heterocycles. The van der Waals surface area contributed by atoms with Gasteiger partial charge in [0.05, 0.1) is 0 Å². The van der Waals surface area contributed by atoms with Crippen molar-refractivity contribution in [2.45, 2.75) is 12.3 Å². The van der Waals surface area contributed by atoms with Crippen molar-refractivity contribution in [1.82, 2.24) is 16.2 Å². The molecule has 1 aliphatic heterocycles.